The maximum Gasteiger partial charge on any atom is 0.416 e. The summed E-state index contributed by atoms with van der Waals surface area (Å²) >= 11 is 1.30. The average molecular weight is 256 g/mol. The highest BCUT2D eigenvalue weighted by molar-refractivity contribution is 7.13. The van der Waals surface area contributed by atoms with Gasteiger partial charge in [-0.1, -0.05) is 12.1 Å². The van der Waals surface area contributed by atoms with E-state index in [0.29, 0.717) is 16.7 Å². The van der Waals surface area contributed by atoms with Crippen LogP contribution in [0.3, 0.4) is 0 Å². The number of hydrogen-bond acceptors (Lipinski definition) is 2. The van der Waals surface area contributed by atoms with Crippen molar-refractivity contribution in [3.63, 3.8) is 0 Å². The molecule has 1 heterocycles. The van der Waals surface area contributed by atoms with E-state index in [2.05, 4.69) is 0 Å². The molecule has 1 nitrogen and oxygen atoms in total. The van der Waals surface area contributed by atoms with E-state index in [1.54, 1.807) is 17.5 Å². The van der Waals surface area contributed by atoms with Crippen molar-refractivity contribution in [2.45, 2.75) is 6.18 Å². The van der Waals surface area contributed by atoms with E-state index in [1.807, 2.05) is 0 Å². The summed E-state index contributed by atoms with van der Waals surface area (Å²) < 4.78 is 37.7. The van der Waals surface area contributed by atoms with Crippen LogP contribution in [0.1, 0.15) is 15.9 Å². The molecule has 0 saturated heterocycles. The van der Waals surface area contributed by atoms with Crippen LogP contribution in [-0.2, 0) is 6.18 Å². The van der Waals surface area contributed by atoms with Crippen molar-refractivity contribution in [3.05, 3.63) is 46.8 Å². The van der Waals surface area contributed by atoms with Gasteiger partial charge in [-0.3, -0.25) is 4.79 Å². The fourth-order valence-corrected chi connectivity index (χ4v) is 2.25. The lowest BCUT2D eigenvalue weighted by atomic mass is 10.0. The van der Waals surface area contributed by atoms with E-state index < -0.39 is 11.7 Å². The van der Waals surface area contributed by atoms with Gasteiger partial charge in [0.1, 0.15) is 0 Å². The molecule has 2 aromatic rings. The van der Waals surface area contributed by atoms with Crippen molar-refractivity contribution < 1.29 is 18.0 Å². The minimum atomic E-state index is -4.40. The highest BCUT2D eigenvalue weighted by atomic mass is 32.1. The summed E-state index contributed by atoms with van der Waals surface area (Å²) in [6.45, 7) is 0. The van der Waals surface area contributed by atoms with Gasteiger partial charge < -0.3 is 0 Å². The summed E-state index contributed by atoms with van der Waals surface area (Å²) in [5.41, 5.74) is -0.156. The summed E-state index contributed by atoms with van der Waals surface area (Å²) in [5, 5.41) is 1.75. The maximum absolute atomic E-state index is 12.6. The van der Waals surface area contributed by atoms with Crippen LogP contribution in [0.2, 0.25) is 0 Å². The predicted molar refractivity (Wildman–Crippen MR) is 60.1 cm³/mol. The second kappa shape index (κ2) is 4.33. The van der Waals surface area contributed by atoms with Gasteiger partial charge in [0.15, 0.2) is 6.29 Å². The number of rotatable bonds is 2. The Bertz CT molecular complexity index is 529. The molecule has 0 fully saturated rings. The molecule has 2 rings (SSSR count). The number of carbonyl (C=O) groups excluding carboxylic acids is 1. The zero-order valence-corrected chi connectivity index (χ0v) is 9.31. The predicted octanol–water partition coefficient (Wildman–Crippen LogP) is 4.25. The monoisotopic (exact) mass is 256 g/mol. The fraction of sp³-hybridized carbons (Fsp3) is 0.0833. The number of thiophene rings is 1. The number of hydrogen-bond donors (Lipinski definition) is 0. The molecule has 0 aliphatic heterocycles. The lowest BCUT2D eigenvalue weighted by Gasteiger charge is -2.09. The third-order valence-corrected chi connectivity index (χ3v) is 3.20. The fourth-order valence-electron chi connectivity index (χ4n) is 1.48. The van der Waals surface area contributed by atoms with Crippen molar-refractivity contribution in [2.24, 2.45) is 0 Å². The molecule has 5 heteroatoms. The second-order valence-corrected chi connectivity index (χ2v) is 4.34. The summed E-state index contributed by atoms with van der Waals surface area (Å²) in [5.74, 6) is 0. The second-order valence-electron chi connectivity index (χ2n) is 3.39. The Labute approximate surface area is 99.5 Å². The Balaban J connectivity index is 2.59. The maximum atomic E-state index is 12.6. The zero-order chi connectivity index (χ0) is 12.5. The Morgan fingerprint density at radius 2 is 1.94 bits per heavy atom. The Hall–Kier alpha value is -1.62. The highest BCUT2D eigenvalue weighted by Crippen LogP contribution is 2.35. The average Bonchev–Trinajstić information content (AvgIpc) is 2.80. The smallest absolute Gasteiger partial charge is 0.298 e. The van der Waals surface area contributed by atoms with Gasteiger partial charge in [0, 0.05) is 16.0 Å². The quantitative estimate of drug-likeness (QED) is 0.734. The van der Waals surface area contributed by atoms with Crippen molar-refractivity contribution >= 4 is 17.6 Å². The molecule has 0 spiro atoms. The van der Waals surface area contributed by atoms with Gasteiger partial charge in [0.2, 0.25) is 0 Å². The molecule has 0 aliphatic rings. The molecule has 0 unspecified atom stereocenters. The summed E-state index contributed by atoms with van der Waals surface area (Å²) in [4.78, 5) is 11.5. The largest absolute Gasteiger partial charge is 0.416 e. The van der Waals surface area contributed by atoms with Gasteiger partial charge in [-0.2, -0.15) is 13.2 Å². The molecule has 17 heavy (non-hydrogen) atoms. The summed E-state index contributed by atoms with van der Waals surface area (Å²) in [6.07, 6.45) is -3.83. The first kappa shape index (κ1) is 11.9. The van der Waals surface area contributed by atoms with E-state index >= 15 is 0 Å². The first-order valence-electron chi connectivity index (χ1n) is 4.72. The van der Waals surface area contributed by atoms with Gasteiger partial charge in [-0.25, -0.2) is 0 Å². The summed E-state index contributed by atoms with van der Waals surface area (Å²) in [7, 11) is 0. The minimum absolute atomic E-state index is 0.264. The van der Waals surface area contributed by atoms with Crippen LogP contribution < -0.4 is 0 Å². The Morgan fingerprint density at radius 1 is 1.18 bits per heavy atom. The zero-order valence-electron chi connectivity index (χ0n) is 8.49. The van der Waals surface area contributed by atoms with E-state index in [9.17, 15) is 18.0 Å². The van der Waals surface area contributed by atoms with Gasteiger partial charge in [-0.05, 0) is 23.6 Å². The number of alkyl halides is 3. The van der Waals surface area contributed by atoms with Crippen LogP contribution in [0.5, 0.6) is 0 Å². The molecule has 0 bridgehead atoms. The summed E-state index contributed by atoms with van der Waals surface area (Å²) in [6, 6.07) is 6.54. The first-order valence-corrected chi connectivity index (χ1v) is 5.60. The van der Waals surface area contributed by atoms with Crippen LogP contribution >= 0.6 is 11.3 Å². The van der Waals surface area contributed by atoms with E-state index in [1.165, 1.54) is 17.4 Å². The molecule has 0 radical (unpaired) electrons. The Morgan fingerprint density at radius 3 is 2.47 bits per heavy atom. The minimum Gasteiger partial charge on any atom is -0.298 e. The molecule has 1 aromatic heterocycles. The van der Waals surface area contributed by atoms with E-state index in [4.69, 9.17) is 0 Å². The number of benzene rings is 1. The molecule has 0 atom stereocenters. The molecule has 0 aliphatic carbocycles. The van der Waals surface area contributed by atoms with Gasteiger partial charge in [-0.15, -0.1) is 11.3 Å². The molecule has 1 aromatic carbocycles. The number of carbonyl (C=O) groups is 1. The normalized spacial score (nSPS) is 11.5. The van der Waals surface area contributed by atoms with Crippen LogP contribution in [0.4, 0.5) is 13.2 Å². The molecular weight excluding hydrogens is 249 g/mol. The molecule has 0 N–H and O–H groups in total. The standard InChI is InChI=1S/C12H7F3OS/c13-12(14,15)9-4-3-8(7-16)10(6-9)11-2-1-5-17-11/h1-7H. The lowest BCUT2D eigenvalue weighted by Crippen LogP contribution is -2.05. The molecule has 0 saturated carbocycles. The van der Waals surface area contributed by atoms with Crippen molar-refractivity contribution in [1.82, 2.24) is 0 Å². The van der Waals surface area contributed by atoms with Gasteiger partial charge in [0.05, 0.1) is 5.56 Å². The van der Waals surface area contributed by atoms with E-state index in [-0.39, 0.29) is 5.56 Å². The molecule has 88 valence electrons. The van der Waals surface area contributed by atoms with Crippen molar-refractivity contribution in [3.8, 4) is 10.4 Å². The van der Waals surface area contributed by atoms with Crippen LogP contribution in [0.25, 0.3) is 10.4 Å². The van der Waals surface area contributed by atoms with Crippen LogP contribution in [0.15, 0.2) is 35.7 Å². The van der Waals surface area contributed by atoms with Crippen LogP contribution in [0, 0.1) is 0 Å². The van der Waals surface area contributed by atoms with Crippen molar-refractivity contribution in [2.75, 3.05) is 0 Å². The molecule has 0 amide bonds. The highest BCUT2D eigenvalue weighted by Gasteiger charge is 2.31. The number of aldehydes is 1. The first-order chi connectivity index (χ1) is 8.02. The van der Waals surface area contributed by atoms with Gasteiger partial charge in [0.25, 0.3) is 0 Å². The van der Waals surface area contributed by atoms with E-state index in [0.717, 1.165) is 12.1 Å². The third-order valence-electron chi connectivity index (χ3n) is 2.29. The molecular formula is C12H7F3OS. The van der Waals surface area contributed by atoms with Crippen LogP contribution in [-0.4, -0.2) is 6.29 Å². The third kappa shape index (κ3) is 2.39. The lowest BCUT2D eigenvalue weighted by molar-refractivity contribution is -0.137. The number of halogens is 3. The topological polar surface area (TPSA) is 17.1 Å². The van der Waals surface area contributed by atoms with Gasteiger partial charge >= 0.3 is 6.18 Å². The SMILES string of the molecule is O=Cc1ccc(C(F)(F)F)cc1-c1cccs1. The van der Waals surface area contributed by atoms with Crippen molar-refractivity contribution in [1.29, 1.82) is 0 Å². The Kier molecular flexibility index (Phi) is 3.02.